The molecular weight excluding hydrogens is 284 g/mol. The highest BCUT2D eigenvalue weighted by Crippen LogP contribution is 2.31. The Bertz CT molecular complexity index is 477. The van der Waals surface area contributed by atoms with E-state index in [1.165, 1.54) is 25.3 Å². The maximum Gasteiger partial charge on any atom is 0.229 e. The van der Waals surface area contributed by atoms with E-state index in [0.717, 1.165) is 0 Å². The Hall–Kier alpha value is -1.58. The van der Waals surface area contributed by atoms with Gasteiger partial charge in [-0.15, -0.1) is 0 Å². The molecular formula is C13H18O8. The minimum atomic E-state index is -1.51. The van der Waals surface area contributed by atoms with Crippen LogP contribution in [-0.4, -0.2) is 70.0 Å². The number of aromatic hydroxyl groups is 1. The van der Waals surface area contributed by atoms with Gasteiger partial charge in [0.05, 0.1) is 13.7 Å². The van der Waals surface area contributed by atoms with Gasteiger partial charge >= 0.3 is 0 Å². The number of methoxy groups -OCH3 is 1. The number of benzene rings is 1. The zero-order chi connectivity index (χ0) is 15.6. The van der Waals surface area contributed by atoms with Gasteiger partial charge in [0, 0.05) is 6.07 Å². The van der Waals surface area contributed by atoms with Crippen LogP contribution in [-0.2, 0) is 4.74 Å². The van der Waals surface area contributed by atoms with Crippen molar-refractivity contribution < 1.29 is 39.7 Å². The highest BCUT2D eigenvalue weighted by atomic mass is 16.7. The van der Waals surface area contributed by atoms with Crippen molar-refractivity contribution in [1.82, 2.24) is 0 Å². The third kappa shape index (κ3) is 3.20. The lowest BCUT2D eigenvalue weighted by molar-refractivity contribution is -0.277. The highest BCUT2D eigenvalue weighted by molar-refractivity contribution is 5.44. The fourth-order valence-electron chi connectivity index (χ4n) is 2.03. The van der Waals surface area contributed by atoms with Crippen LogP contribution in [0.4, 0.5) is 0 Å². The average molecular weight is 302 g/mol. The molecule has 21 heavy (non-hydrogen) atoms. The number of phenols is 1. The third-order valence-corrected chi connectivity index (χ3v) is 3.25. The molecule has 5 atom stereocenters. The van der Waals surface area contributed by atoms with Gasteiger partial charge in [-0.3, -0.25) is 0 Å². The number of phenolic OH excluding ortho intramolecular Hbond substituents is 1. The van der Waals surface area contributed by atoms with Crippen molar-refractivity contribution >= 4 is 0 Å². The quantitative estimate of drug-likeness (QED) is 0.458. The minimum Gasteiger partial charge on any atom is -0.504 e. The molecule has 0 bridgehead atoms. The summed E-state index contributed by atoms with van der Waals surface area (Å²) in [4.78, 5) is 0. The number of hydrogen-bond donors (Lipinski definition) is 5. The Balaban J connectivity index is 2.14. The topological polar surface area (TPSA) is 129 Å². The molecule has 1 heterocycles. The SMILES string of the molecule is COc1cc(O[C@H]2O[C@H](CO)[C@@H](O)[C@H](O)[C@H]2O)ccc1O. The van der Waals surface area contributed by atoms with Crippen molar-refractivity contribution in [2.75, 3.05) is 13.7 Å². The van der Waals surface area contributed by atoms with Crippen LogP contribution in [0.3, 0.4) is 0 Å². The molecule has 1 aliphatic heterocycles. The van der Waals surface area contributed by atoms with Crippen molar-refractivity contribution in [2.45, 2.75) is 30.7 Å². The van der Waals surface area contributed by atoms with Crippen molar-refractivity contribution in [3.63, 3.8) is 0 Å². The molecule has 1 fully saturated rings. The van der Waals surface area contributed by atoms with Crippen LogP contribution < -0.4 is 9.47 Å². The maximum atomic E-state index is 9.84. The first-order chi connectivity index (χ1) is 9.97. The van der Waals surface area contributed by atoms with E-state index < -0.39 is 37.3 Å². The van der Waals surface area contributed by atoms with Gasteiger partial charge in [0.1, 0.15) is 30.2 Å². The first kappa shape index (κ1) is 15.8. The first-order valence-corrected chi connectivity index (χ1v) is 6.32. The first-order valence-electron chi connectivity index (χ1n) is 6.32. The van der Waals surface area contributed by atoms with E-state index in [1.807, 2.05) is 0 Å². The van der Waals surface area contributed by atoms with Crippen LogP contribution in [0.5, 0.6) is 17.2 Å². The van der Waals surface area contributed by atoms with E-state index >= 15 is 0 Å². The number of ether oxygens (including phenoxy) is 3. The summed E-state index contributed by atoms with van der Waals surface area (Å²) in [5, 5.41) is 47.7. The zero-order valence-electron chi connectivity index (χ0n) is 11.3. The Morgan fingerprint density at radius 2 is 1.86 bits per heavy atom. The second-order valence-corrected chi connectivity index (χ2v) is 4.65. The van der Waals surface area contributed by atoms with Gasteiger partial charge in [0.15, 0.2) is 11.5 Å². The summed E-state index contributed by atoms with van der Waals surface area (Å²) in [5.41, 5.74) is 0. The molecule has 8 heteroatoms. The van der Waals surface area contributed by atoms with E-state index in [2.05, 4.69) is 0 Å². The molecule has 8 nitrogen and oxygen atoms in total. The summed E-state index contributed by atoms with van der Waals surface area (Å²) < 4.78 is 15.5. The van der Waals surface area contributed by atoms with Crippen LogP contribution in [0.25, 0.3) is 0 Å². The fourth-order valence-corrected chi connectivity index (χ4v) is 2.03. The second kappa shape index (κ2) is 6.46. The number of aliphatic hydroxyl groups is 4. The molecule has 0 aliphatic carbocycles. The van der Waals surface area contributed by atoms with Crippen LogP contribution in [0.1, 0.15) is 0 Å². The van der Waals surface area contributed by atoms with Crippen LogP contribution in [0.15, 0.2) is 18.2 Å². The van der Waals surface area contributed by atoms with E-state index in [9.17, 15) is 20.4 Å². The van der Waals surface area contributed by atoms with Gasteiger partial charge in [-0.1, -0.05) is 0 Å². The molecule has 0 amide bonds. The molecule has 1 aliphatic rings. The number of hydrogen-bond acceptors (Lipinski definition) is 8. The molecule has 0 unspecified atom stereocenters. The zero-order valence-corrected chi connectivity index (χ0v) is 11.3. The molecule has 2 rings (SSSR count). The summed E-state index contributed by atoms with van der Waals surface area (Å²) in [6.07, 6.45) is -6.79. The van der Waals surface area contributed by atoms with Gasteiger partial charge in [0.2, 0.25) is 6.29 Å². The van der Waals surface area contributed by atoms with Crippen molar-refractivity contribution in [2.24, 2.45) is 0 Å². The van der Waals surface area contributed by atoms with Crippen LogP contribution in [0.2, 0.25) is 0 Å². The summed E-state index contributed by atoms with van der Waals surface area (Å²) in [7, 11) is 1.37. The van der Waals surface area contributed by atoms with Gasteiger partial charge in [0.25, 0.3) is 0 Å². The summed E-state index contributed by atoms with van der Waals surface area (Å²) in [5.74, 6) is 0.296. The van der Waals surface area contributed by atoms with E-state index in [0.29, 0.717) is 0 Å². The molecule has 1 aromatic carbocycles. The molecule has 118 valence electrons. The third-order valence-electron chi connectivity index (χ3n) is 3.25. The summed E-state index contributed by atoms with van der Waals surface area (Å²) >= 11 is 0. The molecule has 0 saturated carbocycles. The smallest absolute Gasteiger partial charge is 0.229 e. The Morgan fingerprint density at radius 1 is 1.14 bits per heavy atom. The van der Waals surface area contributed by atoms with E-state index in [-0.39, 0.29) is 17.2 Å². The lowest BCUT2D eigenvalue weighted by Crippen LogP contribution is -2.60. The molecule has 1 saturated heterocycles. The van der Waals surface area contributed by atoms with Gasteiger partial charge in [-0.05, 0) is 12.1 Å². The Kier molecular flexibility index (Phi) is 4.86. The van der Waals surface area contributed by atoms with E-state index in [1.54, 1.807) is 0 Å². The molecule has 1 aromatic rings. The van der Waals surface area contributed by atoms with Crippen molar-refractivity contribution in [3.05, 3.63) is 18.2 Å². The molecule has 0 radical (unpaired) electrons. The minimum absolute atomic E-state index is 0.0846. The normalized spacial score (nSPS) is 32.7. The predicted octanol–water partition coefficient (Wildman–Crippen LogP) is -1.42. The fraction of sp³-hybridized carbons (Fsp3) is 0.538. The van der Waals surface area contributed by atoms with E-state index in [4.69, 9.17) is 19.3 Å². The molecule has 0 aromatic heterocycles. The largest absolute Gasteiger partial charge is 0.504 e. The molecule has 0 spiro atoms. The maximum absolute atomic E-state index is 9.84. The number of rotatable bonds is 4. The predicted molar refractivity (Wildman–Crippen MR) is 69.1 cm³/mol. The van der Waals surface area contributed by atoms with Gasteiger partial charge in [-0.25, -0.2) is 0 Å². The van der Waals surface area contributed by atoms with Crippen LogP contribution >= 0.6 is 0 Å². The number of aliphatic hydroxyl groups excluding tert-OH is 4. The van der Waals surface area contributed by atoms with Crippen LogP contribution in [0, 0.1) is 0 Å². The van der Waals surface area contributed by atoms with Crippen molar-refractivity contribution in [1.29, 1.82) is 0 Å². The second-order valence-electron chi connectivity index (χ2n) is 4.65. The van der Waals surface area contributed by atoms with Gasteiger partial charge in [-0.2, -0.15) is 0 Å². The van der Waals surface area contributed by atoms with Crippen molar-refractivity contribution in [3.8, 4) is 17.2 Å². The summed E-state index contributed by atoms with van der Waals surface area (Å²) in [6.45, 7) is -0.538. The molecule has 5 N–H and O–H groups in total. The monoisotopic (exact) mass is 302 g/mol. The average Bonchev–Trinajstić information content (AvgIpc) is 2.49. The standard InChI is InChI=1S/C13H18O8/c1-19-8-4-6(2-3-7(8)15)20-13-12(18)11(17)10(16)9(5-14)21-13/h2-4,9-18H,5H2,1H3/t9-,10-,11+,12-,13+/m1/s1. The Labute approximate surface area is 120 Å². The lowest BCUT2D eigenvalue weighted by Gasteiger charge is -2.39. The highest BCUT2D eigenvalue weighted by Gasteiger charge is 2.44. The van der Waals surface area contributed by atoms with Gasteiger partial charge < -0.3 is 39.7 Å². The Morgan fingerprint density at radius 3 is 2.48 bits per heavy atom. The summed E-state index contributed by atoms with van der Waals surface area (Å²) in [6, 6.07) is 4.12. The lowest BCUT2D eigenvalue weighted by atomic mass is 9.99.